The van der Waals surface area contributed by atoms with Gasteiger partial charge < -0.3 is 15.5 Å². The maximum atomic E-state index is 12.9. The van der Waals surface area contributed by atoms with Crippen molar-refractivity contribution in [2.45, 2.75) is 13.5 Å². The van der Waals surface area contributed by atoms with E-state index in [1.807, 2.05) is 37.3 Å². The molecule has 2 aromatic carbocycles. The molecule has 5 nitrogen and oxygen atoms in total. The van der Waals surface area contributed by atoms with E-state index in [1.54, 1.807) is 30.1 Å². The van der Waals surface area contributed by atoms with Gasteiger partial charge >= 0.3 is 0 Å². The van der Waals surface area contributed by atoms with Crippen molar-refractivity contribution in [1.82, 2.24) is 10.2 Å². The van der Waals surface area contributed by atoms with Gasteiger partial charge in [0.2, 0.25) is 5.91 Å². The zero-order chi connectivity index (χ0) is 18.2. The van der Waals surface area contributed by atoms with Crippen molar-refractivity contribution in [2.24, 2.45) is 0 Å². The molecule has 2 N–H and O–H groups in total. The molecule has 0 saturated carbocycles. The number of likely N-dealkylation sites (N-methyl/N-ethyl adjacent to an activating group) is 1. The van der Waals surface area contributed by atoms with E-state index >= 15 is 0 Å². The Bertz CT molecular complexity index is 735. The second kappa shape index (κ2) is 9.20. The van der Waals surface area contributed by atoms with Crippen molar-refractivity contribution in [3.05, 3.63) is 64.7 Å². The summed E-state index contributed by atoms with van der Waals surface area (Å²) in [6.45, 7) is 3.18. The van der Waals surface area contributed by atoms with Crippen LogP contribution in [0.1, 0.15) is 22.8 Å². The fraction of sp³-hybridized carbons (Fsp3) is 0.263. The standard InChI is InChI=1S/C19H22ClN3O2/c1-3-23(13-14-7-5-4-6-8-14)19(25)16-11-15(9-10-17(16)20)22-18(24)12-21-2/h4-11,21H,3,12-13H2,1-2H3,(H,22,24). The highest BCUT2D eigenvalue weighted by molar-refractivity contribution is 6.34. The Morgan fingerprint density at radius 2 is 1.84 bits per heavy atom. The van der Waals surface area contributed by atoms with Gasteiger partial charge in [-0.1, -0.05) is 41.9 Å². The van der Waals surface area contributed by atoms with Crippen molar-refractivity contribution in [2.75, 3.05) is 25.5 Å². The molecular weight excluding hydrogens is 338 g/mol. The molecule has 0 aliphatic heterocycles. The quantitative estimate of drug-likeness (QED) is 0.798. The molecule has 2 aromatic rings. The van der Waals surface area contributed by atoms with Crippen LogP contribution in [0.4, 0.5) is 5.69 Å². The summed E-state index contributed by atoms with van der Waals surface area (Å²) in [7, 11) is 1.69. The number of benzene rings is 2. The zero-order valence-electron chi connectivity index (χ0n) is 14.4. The molecule has 2 rings (SSSR count). The second-order valence-electron chi connectivity index (χ2n) is 5.58. The monoisotopic (exact) mass is 359 g/mol. The van der Waals surface area contributed by atoms with Crippen molar-refractivity contribution < 1.29 is 9.59 Å². The van der Waals surface area contributed by atoms with Crippen LogP contribution in [0.25, 0.3) is 0 Å². The summed E-state index contributed by atoms with van der Waals surface area (Å²) in [5.74, 6) is -0.346. The number of nitrogens with one attached hydrogen (secondary N) is 2. The first-order valence-electron chi connectivity index (χ1n) is 8.12. The van der Waals surface area contributed by atoms with E-state index in [0.717, 1.165) is 5.56 Å². The number of carbonyl (C=O) groups is 2. The number of hydrogen-bond donors (Lipinski definition) is 2. The van der Waals surface area contributed by atoms with Gasteiger partial charge in [-0.15, -0.1) is 0 Å². The Morgan fingerprint density at radius 1 is 1.12 bits per heavy atom. The normalized spacial score (nSPS) is 10.4. The van der Waals surface area contributed by atoms with E-state index in [1.165, 1.54) is 0 Å². The summed E-state index contributed by atoms with van der Waals surface area (Å²) in [5, 5.41) is 5.88. The zero-order valence-corrected chi connectivity index (χ0v) is 15.1. The Hall–Kier alpha value is -2.37. The molecule has 25 heavy (non-hydrogen) atoms. The van der Waals surface area contributed by atoms with E-state index < -0.39 is 0 Å². The van der Waals surface area contributed by atoms with Crippen LogP contribution >= 0.6 is 11.6 Å². The lowest BCUT2D eigenvalue weighted by Crippen LogP contribution is -2.30. The van der Waals surface area contributed by atoms with Crippen molar-refractivity contribution in [3.8, 4) is 0 Å². The average molecular weight is 360 g/mol. The van der Waals surface area contributed by atoms with Gasteiger partial charge in [-0.3, -0.25) is 9.59 Å². The molecule has 0 aromatic heterocycles. The van der Waals surface area contributed by atoms with Crippen LogP contribution in [0.3, 0.4) is 0 Å². The molecule has 0 saturated heterocycles. The van der Waals surface area contributed by atoms with E-state index in [4.69, 9.17) is 11.6 Å². The SMILES string of the molecule is CCN(Cc1ccccc1)C(=O)c1cc(NC(=O)CNC)ccc1Cl. The lowest BCUT2D eigenvalue weighted by molar-refractivity contribution is -0.115. The minimum atomic E-state index is -0.181. The summed E-state index contributed by atoms with van der Waals surface area (Å²) in [5.41, 5.74) is 1.97. The van der Waals surface area contributed by atoms with E-state index in [2.05, 4.69) is 10.6 Å². The third-order valence-corrected chi connectivity index (χ3v) is 4.03. The van der Waals surface area contributed by atoms with Gasteiger partial charge in [0.1, 0.15) is 0 Å². The van der Waals surface area contributed by atoms with Gasteiger partial charge in [-0.2, -0.15) is 0 Å². The highest BCUT2D eigenvalue weighted by Crippen LogP contribution is 2.23. The first-order valence-corrected chi connectivity index (χ1v) is 8.50. The molecule has 0 radical (unpaired) electrons. The molecule has 0 fully saturated rings. The predicted octanol–water partition coefficient (Wildman–Crippen LogP) is 3.16. The number of carbonyl (C=O) groups excluding carboxylic acids is 2. The van der Waals surface area contributed by atoms with Gasteiger partial charge in [0.25, 0.3) is 5.91 Å². The molecule has 0 aliphatic rings. The van der Waals surface area contributed by atoms with Crippen molar-refractivity contribution >= 4 is 29.1 Å². The summed E-state index contributed by atoms with van der Waals surface area (Å²) < 4.78 is 0. The van der Waals surface area contributed by atoms with Crippen LogP contribution in [0.15, 0.2) is 48.5 Å². The minimum absolute atomic E-state index is 0.166. The molecular formula is C19H22ClN3O2. The Balaban J connectivity index is 2.19. The van der Waals surface area contributed by atoms with Gasteiger partial charge in [0, 0.05) is 18.8 Å². The van der Waals surface area contributed by atoms with Gasteiger partial charge in [-0.25, -0.2) is 0 Å². The van der Waals surface area contributed by atoms with Crippen LogP contribution in [-0.2, 0) is 11.3 Å². The highest BCUT2D eigenvalue weighted by atomic mass is 35.5. The third kappa shape index (κ3) is 5.31. The topological polar surface area (TPSA) is 61.4 Å². The number of nitrogens with zero attached hydrogens (tertiary/aromatic N) is 1. The van der Waals surface area contributed by atoms with Crippen LogP contribution in [0, 0.1) is 0 Å². The molecule has 0 bridgehead atoms. The minimum Gasteiger partial charge on any atom is -0.335 e. The molecule has 0 unspecified atom stereocenters. The molecule has 0 atom stereocenters. The first-order chi connectivity index (χ1) is 12.0. The van der Waals surface area contributed by atoms with Crippen LogP contribution < -0.4 is 10.6 Å². The maximum absolute atomic E-state index is 12.9. The average Bonchev–Trinajstić information content (AvgIpc) is 2.62. The molecule has 132 valence electrons. The lowest BCUT2D eigenvalue weighted by Gasteiger charge is -2.22. The number of rotatable bonds is 7. The van der Waals surface area contributed by atoms with Crippen LogP contribution in [0.2, 0.25) is 5.02 Å². The number of amides is 2. The summed E-state index contributed by atoms with van der Waals surface area (Å²) in [6, 6.07) is 14.7. The lowest BCUT2D eigenvalue weighted by atomic mass is 10.1. The van der Waals surface area contributed by atoms with E-state index in [-0.39, 0.29) is 18.4 Å². The van der Waals surface area contributed by atoms with E-state index in [9.17, 15) is 9.59 Å². The van der Waals surface area contributed by atoms with Crippen LogP contribution in [0.5, 0.6) is 0 Å². The fourth-order valence-corrected chi connectivity index (χ4v) is 2.63. The third-order valence-electron chi connectivity index (χ3n) is 3.70. The Morgan fingerprint density at radius 3 is 2.48 bits per heavy atom. The Labute approximate surface area is 153 Å². The number of hydrogen-bond acceptors (Lipinski definition) is 3. The van der Waals surface area contributed by atoms with Gasteiger partial charge in [0.05, 0.1) is 17.1 Å². The smallest absolute Gasteiger partial charge is 0.255 e. The molecule has 0 aliphatic carbocycles. The maximum Gasteiger partial charge on any atom is 0.255 e. The largest absolute Gasteiger partial charge is 0.335 e. The van der Waals surface area contributed by atoms with Gasteiger partial charge in [0.15, 0.2) is 0 Å². The van der Waals surface area contributed by atoms with Gasteiger partial charge in [-0.05, 0) is 37.7 Å². The molecule has 0 heterocycles. The molecule has 2 amide bonds. The van der Waals surface area contributed by atoms with Crippen molar-refractivity contribution in [1.29, 1.82) is 0 Å². The summed E-state index contributed by atoms with van der Waals surface area (Å²) in [6.07, 6.45) is 0. The molecule has 6 heteroatoms. The highest BCUT2D eigenvalue weighted by Gasteiger charge is 2.18. The van der Waals surface area contributed by atoms with E-state index in [0.29, 0.717) is 29.4 Å². The Kier molecular flexibility index (Phi) is 6.98. The fourth-order valence-electron chi connectivity index (χ4n) is 2.43. The van der Waals surface area contributed by atoms with Crippen molar-refractivity contribution in [3.63, 3.8) is 0 Å². The first kappa shape index (κ1) is 19.0. The van der Waals surface area contributed by atoms with Crippen LogP contribution in [-0.4, -0.2) is 36.9 Å². The predicted molar refractivity (Wildman–Crippen MR) is 101 cm³/mol. The number of anilines is 1. The number of halogens is 1. The second-order valence-corrected chi connectivity index (χ2v) is 5.99. The summed E-state index contributed by atoms with van der Waals surface area (Å²) in [4.78, 5) is 26.3. The molecule has 0 spiro atoms. The summed E-state index contributed by atoms with van der Waals surface area (Å²) >= 11 is 6.22.